The van der Waals surface area contributed by atoms with Gasteiger partial charge in [0.1, 0.15) is 5.82 Å². The van der Waals surface area contributed by atoms with Crippen molar-refractivity contribution in [2.75, 3.05) is 6.54 Å². The molecule has 1 aliphatic carbocycles. The number of aromatic nitrogens is 3. The summed E-state index contributed by atoms with van der Waals surface area (Å²) in [5.41, 5.74) is 5.73. The fraction of sp³-hybridized carbons (Fsp3) is 0.846. The second kappa shape index (κ2) is 5.63. The van der Waals surface area contributed by atoms with Gasteiger partial charge in [0.05, 0.1) is 0 Å². The van der Waals surface area contributed by atoms with Crippen molar-refractivity contribution < 1.29 is 0 Å². The Morgan fingerprint density at radius 3 is 2.59 bits per heavy atom. The molecule has 4 heteroatoms. The summed E-state index contributed by atoms with van der Waals surface area (Å²) in [5, 5.41) is 4.50. The third-order valence-electron chi connectivity index (χ3n) is 3.86. The van der Waals surface area contributed by atoms with Crippen molar-refractivity contribution in [1.29, 1.82) is 0 Å². The lowest BCUT2D eigenvalue weighted by atomic mass is 9.81. The van der Waals surface area contributed by atoms with Crippen LogP contribution in [0.3, 0.4) is 0 Å². The summed E-state index contributed by atoms with van der Waals surface area (Å²) >= 11 is 0. The van der Waals surface area contributed by atoms with E-state index in [1.54, 1.807) is 0 Å². The molecular weight excluding hydrogens is 212 g/mol. The standard InChI is InChI=1S/C13H24N4/c1-3-4-12-15-13(17(2)16-12)11-7-5-10(9-14)6-8-11/h10-11H,3-9,14H2,1-2H3. The summed E-state index contributed by atoms with van der Waals surface area (Å²) in [6.07, 6.45) is 7.05. The number of rotatable bonds is 4. The Hall–Kier alpha value is -0.900. The Balaban J connectivity index is 2.02. The van der Waals surface area contributed by atoms with E-state index in [4.69, 9.17) is 10.7 Å². The molecule has 1 aromatic rings. The normalized spacial score (nSPS) is 25.1. The molecule has 2 rings (SSSR count). The lowest BCUT2D eigenvalue weighted by Gasteiger charge is -2.26. The summed E-state index contributed by atoms with van der Waals surface area (Å²) in [6, 6.07) is 0. The van der Waals surface area contributed by atoms with Crippen molar-refractivity contribution in [3.8, 4) is 0 Å². The smallest absolute Gasteiger partial charge is 0.150 e. The lowest BCUT2D eigenvalue weighted by molar-refractivity contribution is 0.320. The number of hydrogen-bond donors (Lipinski definition) is 1. The third kappa shape index (κ3) is 2.86. The Morgan fingerprint density at radius 2 is 2.00 bits per heavy atom. The topological polar surface area (TPSA) is 56.7 Å². The first-order valence-electron chi connectivity index (χ1n) is 6.84. The number of aryl methyl sites for hydroxylation is 2. The molecule has 0 aromatic carbocycles. The van der Waals surface area contributed by atoms with Crippen molar-refractivity contribution >= 4 is 0 Å². The third-order valence-corrected chi connectivity index (χ3v) is 3.86. The highest BCUT2D eigenvalue weighted by Crippen LogP contribution is 2.34. The van der Waals surface area contributed by atoms with Crippen LogP contribution < -0.4 is 5.73 Å². The molecule has 1 aromatic heterocycles. The monoisotopic (exact) mass is 236 g/mol. The fourth-order valence-corrected chi connectivity index (χ4v) is 2.79. The van der Waals surface area contributed by atoms with Gasteiger partial charge in [-0.1, -0.05) is 6.92 Å². The van der Waals surface area contributed by atoms with Crippen LogP contribution in [-0.4, -0.2) is 21.3 Å². The number of hydrogen-bond acceptors (Lipinski definition) is 3. The zero-order valence-electron chi connectivity index (χ0n) is 11.0. The largest absolute Gasteiger partial charge is 0.330 e. The van der Waals surface area contributed by atoms with Crippen molar-refractivity contribution in [3.05, 3.63) is 11.6 Å². The quantitative estimate of drug-likeness (QED) is 0.870. The highest BCUT2D eigenvalue weighted by atomic mass is 15.3. The molecule has 1 heterocycles. The molecule has 96 valence electrons. The Bertz CT molecular complexity index is 350. The summed E-state index contributed by atoms with van der Waals surface area (Å²) in [6.45, 7) is 3.01. The Labute approximate surface area is 104 Å². The Morgan fingerprint density at radius 1 is 1.29 bits per heavy atom. The van der Waals surface area contributed by atoms with Crippen LogP contribution in [0.15, 0.2) is 0 Å². The van der Waals surface area contributed by atoms with Crippen molar-refractivity contribution in [3.63, 3.8) is 0 Å². The first-order chi connectivity index (χ1) is 8.24. The average molecular weight is 236 g/mol. The Kier molecular flexibility index (Phi) is 4.15. The van der Waals surface area contributed by atoms with Crippen LogP contribution in [0, 0.1) is 5.92 Å². The second-order valence-electron chi connectivity index (χ2n) is 5.21. The molecule has 0 amide bonds. The van der Waals surface area contributed by atoms with E-state index in [2.05, 4.69) is 12.0 Å². The zero-order chi connectivity index (χ0) is 12.3. The first kappa shape index (κ1) is 12.6. The minimum Gasteiger partial charge on any atom is -0.330 e. The minimum absolute atomic E-state index is 0.598. The van der Waals surface area contributed by atoms with Crippen LogP contribution in [0.25, 0.3) is 0 Å². The molecular formula is C13H24N4. The van der Waals surface area contributed by atoms with Gasteiger partial charge in [0, 0.05) is 19.4 Å². The van der Waals surface area contributed by atoms with Gasteiger partial charge in [0.15, 0.2) is 5.82 Å². The number of nitrogens with zero attached hydrogens (tertiary/aromatic N) is 3. The molecule has 4 nitrogen and oxygen atoms in total. The van der Waals surface area contributed by atoms with Crippen molar-refractivity contribution in [2.24, 2.45) is 18.7 Å². The molecule has 1 fully saturated rings. The lowest BCUT2D eigenvalue weighted by Crippen LogP contribution is -2.22. The van der Waals surface area contributed by atoms with Crippen LogP contribution in [0.2, 0.25) is 0 Å². The molecule has 0 aliphatic heterocycles. The molecule has 0 spiro atoms. The van der Waals surface area contributed by atoms with E-state index >= 15 is 0 Å². The van der Waals surface area contributed by atoms with Crippen molar-refractivity contribution in [2.45, 2.75) is 51.4 Å². The van der Waals surface area contributed by atoms with Crippen LogP contribution >= 0.6 is 0 Å². The van der Waals surface area contributed by atoms with Gasteiger partial charge in [-0.3, -0.25) is 4.68 Å². The van der Waals surface area contributed by atoms with Gasteiger partial charge in [0.2, 0.25) is 0 Å². The van der Waals surface area contributed by atoms with E-state index in [0.29, 0.717) is 5.92 Å². The highest BCUT2D eigenvalue weighted by molar-refractivity contribution is 5.02. The first-order valence-corrected chi connectivity index (χ1v) is 6.84. The second-order valence-corrected chi connectivity index (χ2v) is 5.21. The van der Waals surface area contributed by atoms with E-state index in [1.165, 1.54) is 31.5 Å². The van der Waals surface area contributed by atoms with E-state index in [1.807, 2.05) is 11.7 Å². The molecule has 1 saturated carbocycles. The molecule has 0 radical (unpaired) electrons. The molecule has 0 atom stereocenters. The molecule has 0 unspecified atom stereocenters. The van der Waals surface area contributed by atoms with Gasteiger partial charge in [-0.2, -0.15) is 5.10 Å². The number of nitrogens with two attached hydrogens (primary N) is 1. The molecule has 0 bridgehead atoms. The maximum atomic E-state index is 5.73. The van der Waals surface area contributed by atoms with Gasteiger partial charge in [-0.05, 0) is 44.6 Å². The maximum absolute atomic E-state index is 5.73. The van der Waals surface area contributed by atoms with E-state index in [-0.39, 0.29) is 0 Å². The van der Waals surface area contributed by atoms with Gasteiger partial charge in [-0.25, -0.2) is 4.98 Å². The van der Waals surface area contributed by atoms with E-state index in [9.17, 15) is 0 Å². The maximum Gasteiger partial charge on any atom is 0.150 e. The van der Waals surface area contributed by atoms with Crippen molar-refractivity contribution in [1.82, 2.24) is 14.8 Å². The van der Waals surface area contributed by atoms with E-state index in [0.717, 1.165) is 31.1 Å². The van der Waals surface area contributed by atoms with E-state index < -0.39 is 0 Å². The predicted octanol–water partition coefficient (Wildman–Crippen LogP) is 2.00. The summed E-state index contributed by atoms with van der Waals surface area (Å²) in [4.78, 5) is 4.69. The van der Waals surface area contributed by atoms with Gasteiger partial charge < -0.3 is 5.73 Å². The molecule has 1 aliphatic rings. The summed E-state index contributed by atoms with van der Waals surface area (Å²) in [5.74, 6) is 3.52. The molecule has 17 heavy (non-hydrogen) atoms. The summed E-state index contributed by atoms with van der Waals surface area (Å²) < 4.78 is 1.98. The molecule has 2 N–H and O–H groups in total. The summed E-state index contributed by atoms with van der Waals surface area (Å²) in [7, 11) is 2.02. The SMILES string of the molecule is CCCc1nc(C2CCC(CN)CC2)n(C)n1. The van der Waals surface area contributed by atoms with Crippen LogP contribution in [-0.2, 0) is 13.5 Å². The van der Waals surface area contributed by atoms with Crippen LogP contribution in [0.1, 0.15) is 56.6 Å². The zero-order valence-corrected chi connectivity index (χ0v) is 11.0. The average Bonchev–Trinajstić information content (AvgIpc) is 2.71. The highest BCUT2D eigenvalue weighted by Gasteiger charge is 2.25. The predicted molar refractivity (Wildman–Crippen MR) is 68.8 cm³/mol. The minimum atomic E-state index is 0.598. The molecule has 0 saturated heterocycles. The van der Waals surface area contributed by atoms with Gasteiger partial charge in [0.25, 0.3) is 0 Å². The van der Waals surface area contributed by atoms with Crippen LogP contribution in [0.4, 0.5) is 0 Å². The van der Waals surface area contributed by atoms with Gasteiger partial charge >= 0.3 is 0 Å². The van der Waals surface area contributed by atoms with Gasteiger partial charge in [-0.15, -0.1) is 0 Å². The van der Waals surface area contributed by atoms with Crippen LogP contribution in [0.5, 0.6) is 0 Å². The fourth-order valence-electron chi connectivity index (χ4n) is 2.79.